The third-order valence-corrected chi connectivity index (χ3v) is 3.39. The number of benzene rings is 1. The number of hydrogen-bond donors (Lipinski definition) is 1. The van der Waals surface area contributed by atoms with Crippen LogP contribution in [0.15, 0.2) is 24.4 Å². The molecule has 0 spiro atoms. The first-order chi connectivity index (χ1) is 10.5. The Hall–Kier alpha value is -2.21. The van der Waals surface area contributed by atoms with Crippen LogP contribution in [0.25, 0.3) is 0 Å². The molecule has 6 nitrogen and oxygen atoms in total. The van der Waals surface area contributed by atoms with Gasteiger partial charge < -0.3 is 14.8 Å². The SMILES string of the molecule is COc1cc(Cl)c(NC(=O)CCn2ccc(C)n2)c(OC)c1. The molecule has 1 aromatic carbocycles. The number of ether oxygens (including phenoxy) is 2. The second kappa shape index (κ2) is 7.17. The number of hydrogen-bond acceptors (Lipinski definition) is 4. The Kier molecular flexibility index (Phi) is 5.27. The standard InChI is InChI=1S/C15H18ClN3O3/c1-10-4-6-19(18-10)7-5-14(20)17-15-12(16)8-11(21-2)9-13(15)22-3/h4,6,8-9H,5,7H2,1-3H3,(H,17,20). The summed E-state index contributed by atoms with van der Waals surface area (Å²) >= 11 is 6.16. The maximum absolute atomic E-state index is 12.1. The number of aromatic nitrogens is 2. The smallest absolute Gasteiger partial charge is 0.226 e. The van der Waals surface area contributed by atoms with Crippen LogP contribution in [0.1, 0.15) is 12.1 Å². The van der Waals surface area contributed by atoms with Crippen molar-refractivity contribution in [2.75, 3.05) is 19.5 Å². The number of carbonyl (C=O) groups is 1. The lowest BCUT2D eigenvalue weighted by Crippen LogP contribution is -2.15. The van der Waals surface area contributed by atoms with Crippen molar-refractivity contribution in [3.8, 4) is 11.5 Å². The minimum Gasteiger partial charge on any atom is -0.497 e. The lowest BCUT2D eigenvalue weighted by atomic mass is 10.2. The summed E-state index contributed by atoms with van der Waals surface area (Å²) in [5, 5.41) is 7.36. The quantitative estimate of drug-likeness (QED) is 0.887. The molecule has 0 aliphatic carbocycles. The van der Waals surface area contributed by atoms with Gasteiger partial charge in [0.05, 0.1) is 24.9 Å². The number of amides is 1. The molecule has 0 unspecified atom stereocenters. The molecule has 0 atom stereocenters. The Labute approximate surface area is 134 Å². The van der Waals surface area contributed by atoms with Crippen molar-refractivity contribution in [2.45, 2.75) is 19.9 Å². The third-order valence-electron chi connectivity index (χ3n) is 3.09. The highest BCUT2D eigenvalue weighted by Crippen LogP contribution is 2.36. The number of halogens is 1. The van der Waals surface area contributed by atoms with E-state index in [2.05, 4.69) is 10.4 Å². The predicted octanol–water partition coefficient (Wildman–Crippen LogP) is 2.89. The second-order valence-corrected chi connectivity index (χ2v) is 5.11. The van der Waals surface area contributed by atoms with Crippen LogP contribution < -0.4 is 14.8 Å². The molecular weight excluding hydrogens is 306 g/mol. The number of methoxy groups -OCH3 is 2. The van der Waals surface area contributed by atoms with Gasteiger partial charge in [0.25, 0.3) is 0 Å². The van der Waals surface area contributed by atoms with Crippen LogP contribution in [-0.4, -0.2) is 29.9 Å². The van der Waals surface area contributed by atoms with Crippen molar-refractivity contribution in [2.24, 2.45) is 0 Å². The van der Waals surface area contributed by atoms with Crippen LogP contribution in [0.5, 0.6) is 11.5 Å². The van der Waals surface area contributed by atoms with E-state index in [1.165, 1.54) is 14.2 Å². The summed E-state index contributed by atoms with van der Waals surface area (Å²) in [6.45, 7) is 2.40. The van der Waals surface area contributed by atoms with Crippen molar-refractivity contribution in [3.63, 3.8) is 0 Å². The summed E-state index contributed by atoms with van der Waals surface area (Å²) in [6.07, 6.45) is 2.12. The number of nitrogens with zero attached hydrogens (tertiary/aromatic N) is 2. The predicted molar refractivity (Wildman–Crippen MR) is 84.8 cm³/mol. The molecule has 22 heavy (non-hydrogen) atoms. The maximum atomic E-state index is 12.1. The van der Waals surface area contributed by atoms with Gasteiger partial charge in [-0.3, -0.25) is 9.48 Å². The molecule has 0 saturated carbocycles. The van der Waals surface area contributed by atoms with E-state index in [0.717, 1.165) is 5.69 Å². The third kappa shape index (κ3) is 3.92. The summed E-state index contributed by atoms with van der Waals surface area (Å²) < 4.78 is 12.1. The number of rotatable bonds is 6. The molecule has 0 aliphatic heterocycles. The highest BCUT2D eigenvalue weighted by molar-refractivity contribution is 6.34. The van der Waals surface area contributed by atoms with E-state index in [1.807, 2.05) is 19.2 Å². The zero-order valence-electron chi connectivity index (χ0n) is 12.7. The van der Waals surface area contributed by atoms with Crippen LogP contribution in [0.2, 0.25) is 5.02 Å². The van der Waals surface area contributed by atoms with Gasteiger partial charge in [-0.2, -0.15) is 5.10 Å². The lowest BCUT2D eigenvalue weighted by Gasteiger charge is -2.13. The first kappa shape index (κ1) is 16.2. The molecule has 2 aromatic rings. The van der Waals surface area contributed by atoms with Crippen LogP contribution in [0, 0.1) is 6.92 Å². The summed E-state index contributed by atoms with van der Waals surface area (Å²) in [6, 6.07) is 5.18. The van der Waals surface area contributed by atoms with Gasteiger partial charge >= 0.3 is 0 Å². The van der Waals surface area contributed by atoms with E-state index >= 15 is 0 Å². The van der Waals surface area contributed by atoms with E-state index in [1.54, 1.807) is 16.8 Å². The van der Waals surface area contributed by atoms with Gasteiger partial charge in [0.1, 0.15) is 17.2 Å². The summed E-state index contributed by atoms with van der Waals surface area (Å²) in [7, 11) is 3.04. The van der Waals surface area contributed by atoms with Gasteiger partial charge in [0.15, 0.2) is 0 Å². The van der Waals surface area contributed by atoms with Gasteiger partial charge in [-0.1, -0.05) is 11.6 Å². The lowest BCUT2D eigenvalue weighted by molar-refractivity contribution is -0.116. The molecule has 118 valence electrons. The number of aryl methyl sites for hydroxylation is 2. The normalized spacial score (nSPS) is 10.4. The monoisotopic (exact) mass is 323 g/mol. The summed E-state index contributed by atoms with van der Waals surface area (Å²) in [5.41, 5.74) is 1.35. The highest BCUT2D eigenvalue weighted by Gasteiger charge is 2.14. The molecule has 2 rings (SSSR count). The van der Waals surface area contributed by atoms with E-state index < -0.39 is 0 Å². The largest absolute Gasteiger partial charge is 0.497 e. The van der Waals surface area contributed by atoms with Crippen LogP contribution in [0.3, 0.4) is 0 Å². The molecule has 0 saturated heterocycles. The molecule has 1 N–H and O–H groups in total. The average molecular weight is 324 g/mol. The van der Waals surface area contributed by atoms with E-state index in [9.17, 15) is 4.79 Å². The molecule has 1 aromatic heterocycles. The van der Waals surface area contributed by atoms with Crippen molar-refractivity contribution < 1.29 is 14.3 Å². The number of nitrogens with one attached hydrogen (secondary N) is 1. The minimum atomic E-state index is -0.168. The second-order valence-electron chi connectivity index (χ2n) is 4.70. The van der Waals surface area contributed by atoms with Crippen molar-refractivity contribution in [1.82, 2.24) is 9.78 Å². The Morgan fingerprint density at radius 1 is 1.36 bits per heavy atom. The molecule has 0 radical (unpaired) electrons. The molecular formula is C15H18ClN3O3. The zero-order chi connectivity index (χ0) is 16.1. The van der Waals surface area contributed by atoms with Gasteiger partial charge in [-0.25, -0.2) is 0 Å². The van der Waals surface area contributed by atoms with Crippen molar-refractivity contribution in [3.05, 3.63) is 35.1 Å². The van der Waals surface area contributed by atoms with Crippen molar-refractivity contribution in [1.29, 1.82) is 0 Å². The molecule has 0 fully saturated rings. The van der Waals surface area contributed by atoms with Crippen molar-refractivity contribution >= 4 is 23.2 Å². The van der Waals surface area contributed by atoms with Gasteiger partial charge in [0.2, 0.25) is 5.91 Å². The van der Waals surface area contributed by atoms with E-state index in [0.29, 0.717) is 28.8 Å². The Balaban J connectivity index is 2.04. The summed E-state index contributed by atoms with van der Waals surface area (Å²) in [4.78, 5) is 12.1. The van der Waals surface area contributed by atoms with Crippen LogP contribution in [-0.2, 0) is 11.3 Å². The summed E-state index contributed by atoms with van der Waals surface area (Å²) in [5.74, 6) is 0.845. The van der Waals surface area contributed by atoms with Gasteiger partial charge in [-0.05, 0) is 13.0 Å². The molecule has 0 aliphatic rings. The topological polar surface area (TPSA) is 65.4 Å². The fraction of sp³-hybridized carbons (Fsp3) is 0.333. The van der Waals surface area contributed by atoms with Gasteiger partial charge in [-0.15, -0.1) is 0 Å². The number of anilines is 1. The van der Waals surface area contributed by atoms with Gasteiger partial charge in [0, 0.05) is 31.3 Å². The molecule has 1 heterocycles. The Bertz CT molecular complexity index is 670. The van der Waals surface area contributed by atoms with Crippen LogP contribution in [0.4, 0.5) is 5.69 Å². The molecule has 1 amide bonds. The van der Waals surface area contributed by atoms with E-state index in [-0.39, 0.29) is 12.3 Å². The minimum absolute atomic E-state index is 0.168. The van der Waals surface area contributed by atoms with E-state index in [4.69, 9.17) is 21.1 Å². The molecule has 0 bridgehead atoms. The fourth-order valence-electron chi connectivity index (χ4n) is 1.96. The first-order valence-electron chi connectivity index (χ1n) is 6.75. The fourth-order valence-corrected chi connectivity index (χ4v) is 2.21. The zero-order valence-corrected chi connectivity index (χ0v) is 13.5. The Morgan fingerprint density at radius 2 is 2.14 bits per heavy atom. The highest BCUT2D eigenvalue weighted by atomic mass is 35.5. The maximum Gasteiger partial charge on any atom is 0.226 e. The number of carbonyl (C=O) groups excluding carboxylic acids is 1. The average Bonchev–Trinajstić information content (AvgIpc) is 2.92. The first-order valence-corrected chi connectivity index (χ1v) is 7.12. The Morgan fingerprint density at radius 3 is 2.73 bits per heavy atom. The van der Waals surface area contributed by atoms with Crippen LogP contribution >= 0.6 is 11.6 Å². The molecule has 7 heteroatoms.